The molecule has 19 nitrogen and oxygen atoms in total. The monoisotopic (exact) mass is 1150 g/mol. The maximum atomic E-state index is 16.2. The number of amides is 2. The first-order valence-corrected chi connectivity index (χ1v) is 29.2. The van der Waals surface area contributed by atoms with Gasteiger partial charge in [-0.25, -0.2) is 17.9 Å². The molecule has 6 atom stereocenters. The first kappa shape index (κ1) is 55.3. The van der Waals surface area contributed by atoms with Crippen molar-refractivity contribution in [2.45, 2.75) is 134 Å². The maximum absolute atomic E-state index is 16.2. The standard InChI is InChI=1S/C62H68F3N13O6/c1-5-77-50(16-19-68-77)39-14-12-38(13-15-39)49(30-79)69-59(81)51-21-42(80)28-76(51)60(82)56(33(2)3)78-29-48(73-74-78)37-8-6-35(7-9-37)31-83-57-54(53-34(4)46(63)23-47-45(53)26-67-72-47)43(36-10-11-36)22-44-55(57)70-61(84-32-62(17-18-62)24-52(64)65)71-58(44)75-27-40-20-41(75)25-66-40/h6-9,12-16,19,22-23,26,29,33,36,40-42,49,51-52,56,66,79-80H,5,10-11,17-18,20-21,24-25,27-28,30-32H2,1-4H3,(H,67,72)(H,69,81)/t40-,41-,42+,49-,51-,56-/m0/s1. The number of carbonyl (C=O) groups excluding carboxylic acids is 2. The number of aliphatic hydroxyl groups is 2. The zero-order valence-electron chi connectivity index (χ0n) is 47.3. The fourth-order valence-corrected chi connectivity index (χ4v) is 12.9. The van der Waals surface area contributed by atoms with Crippen LogP contribution in [0, 0.1) is 24.1 Å². The van der Waals surface area contributed by atoms with E-state index in [1.807, 2.05) is 80.1 Å². The van der Waals surface area contributed by atoms with E-state index in [0.29, 0.717) is 75.5 Å². The Hall–Kier alpha value is -7.95. The SMILES string of the molecule is CCn1nccc1-c1ccc([C@H](CO)NC(=O)[C@@H]2C[C@@H](O)CN2C(=O)[C@H](C(C)C)n2cc(-c3ccc(COc4c(-c5c(C)c(F)cc6[nH]ncc56)c(C5CC5)cc5c(N6C[C@@H]7C[C@H]6CN7)nc(OCC6(CC(F)F)CC6)nc45)cc3)nn2)cc1. The van der Waals surface area contributed by atoms with E-state index in [-0.39, 0.29) is 69.1 Å². The Kier molecular flexibility index (Phi) is 14.6. The summed E-state index contributed by atoms with van der Waals surface area (Å²) in [5.41, 5.74) is 7.66. The number of rotatable bonds is 21. The highest BCUT2D eigenvalue weighted by Gasteiger charge is 2.47. The molecule has 0 spiro atoms. The van der Waals surface area contributed by atoms with E-state index in [2.05, 4.69) is 47.2 Å². The third-order valence-electron chi connectivity index (χ3n) is 17.8. The molecule has 7 heterocycles. The molecule has 22 heteroatoms. The van der Waals surface area contributed by atoms with Gasteiger partial charge in [-0.15, -0.1) is 5.10 Å². The van der Waals surface area contributed by atoms with E-state index in [0.717, 1.165) is 65.5 Å². The zero-order valence-corrected chi connectivity index (χ0v) is 47.3. The van der Waals surface area contributed by atoms with Gasteiger partial charge >= 0.3 is 6.01 Å². The Morgan fingerprint density at radius 1 is 0.952 bits per heavy atom. The lowest BCUT2D eigenvalue weighted by atomic mass is 9.88. The Balaban J connectivity index is 0.782. The van der Waals surface area contributed by atoms with Crippen LogP contribution in [0.25, 0.3) is 55.4 Å². The van der Waals surface area contributed by atoms with Crippen LogP contribution in [0.15, 0.2) is 85.3 Å². The van der Waals surface area contributed by atoms with E-state index in [9.17, 15) is 28.6 Å². The van der Waals surface area contributed by atoms with Gasteiger partial charge in [-0.1, -0.05) is 67.6 Å². The van der Waals surface area contributed by atoms with Crippen LogP contribution >= 0.6 is 0 Å². The largest absolute Gasteiger partial charge is 0.486 e. The van der Waals surface area contributed by atoms with Gasteiger partial charge in [-0.2, -0.15) is 20.2 Å². The van der Waals surface area contributed by atoms with Crippen LogP contribution in [-0.2, 0) is 22.7 Å². The van der Waals surface area contributed by atoms with Gasteiger partial charge in [0.15, 0.2) is 5.75 Å². The number of aromatic nitrogens is 9. The number of hydrogen-bond donors (Lipinski definition) is 5. The summed E-state index contributed by atoms with van der Waals surface area (Å²) < 4.78 is 60.6. The predicted molar refractivity (Wildman–Crippen MR) is 308 cm³/mol. The van der Waals surface area contributed by atoms with Crippen molar-refractivity contribution in [2.75, 3.05) is 37.7 Å². The Bertz CT molecular complexity index is 3770. The second-order valence-electron chi connectivity index (χ2n) is 23.9. The molecule has 8 aromatic rings. The number of nitrogens with one attached hydrogen (secondary N) is 3. The van der Waals surface area contributed by atoms with Crippen molar-refractivity contribution in [3.05, 3.63) is 113 Å². The number of anilines is 1. The number of likely N-dealkylation sites (tertiary alicyclic amines) is 1. The smallest absolute Gasteiger partial charge is 0.319 e. The summed E-state index contributed by atoms with van der Waals surface area (Å²) in [5, 5.41) is 50.0. The van der Waals surface area contributed by atoms with Crippen molar-refractivity contribution in [1.82, 2.24) is 60.5 Å². The number of aromatic amines is 1. The summed E-state index contributed by atoms with van der Waals surface area (Å²) in [5.74, 6) is -0.327. The number of ether oxygens (including phenoxy) is 2. The fourth-order valence-electron chi connectivity index (χ4n) is 12.9. The molecule has 84 heavy (non-hydrogen) atoms. The average Bonchev–Trinajstić information content (AvgIpc) is 1.45. The molecule has 2 bridgehead atoms. The van der Waals surface area contributed by atoms with Crippen molar-refractivity contribution < 1.29 is 42.4 Å². The lowest BCUT2D eigenvalue weighted by Crippen LogP contribution is -2.50. The molecule has 4 aromatic heterocycles. The summed E-state index contributed by atoms with van der Waals surface area (Å²) >= 11 is 0. The van der Waals surface area contributed by atoms with Gasteiger partial charge < -0.3 is 40.1 Å². The van der Waals surface area contributed by atoms with Crippen molar-refractivity contribution in [3.63, 3.8) is 0 Å². The van der Waals surface area contributed by atoms with Crippen LogP contribution in [0.2, 0.25) is 0 Å². The van der Waals surface area contributed by atoms with Crippen molar-refractivity contribution in [2.24, 2.45) is 11.3 Å². The fraction of sp³-hybridized carbons (Fsp3) is 0.452. The molecule has 0 radical (unpaired) electrons. The third kappa shape index (κ3) is 10.5. The number of H-pyrrole nitrogens is 1. The summed E-state index contributed by atoms with van der Waals surface area (Å²) in [6.07, 6.45) is 5.55. The van der Waals surface area contributed by atoms with Gasteiger partial charge in [0, 0.05) is 90.2 Å². The number of carbonyl (C=O) groups is 2. The minimum Gasteiger partial charge on any atom is -0.486 e. The number of fused-ring (bicyclic) bond motifs is 4. The van der Waals surface area contributed by atoms with Crippen LogP contribution in [0.4, 0.5) is 19.0 Å². The second-order valence-corrected chi connectivity index (χ2v) is 23.9. The minimum atomic E-state index is -2.47. The molecule has 5 N–H and O–H groups in total. The van der Waals surface area contributed by atoms with Gasteiger partial charge in [0.2, 0.25) is 18.2 Å². The van der Waals surface area contributed by atoms with Crippen LogP contribution in [0.3, 0.4) is 0 Å². The highest BCUT2D eigenvalue weighted by Crippen LogP contribution is 2.54. The molecule has 4 aromatic carbocycles. The first-order chi connectivity index (χ1) is 40.7. The number of aliphatic hydroxyl groups excluding tert-OH is 2. The van der Waals surface area contributed by atoms with E-state index < -0.39 is 53.7 Å². The van der Waals surface area contributed by atoms with Gasteiger partial charge in [0.1, 0.15) is 41.5 Å². The maximum Gasteiger partial charge on any atom is 0.319 e. The highest BCUT2D eigenvalue weighted by atomic mass is 19.3. The van der Waals surface area contributed by atoms with Gasteiger partial charge in [-0.3, -0.25) is 19.4 Å². The lowest BCUT2D eigenvalue weighted by Gasteiger charge is -2.30. The van der Waals surface area contributed by atoms with E-state index in [4.69, 9.17) is 19.4 Å². The van der Waals surface area contributed by atoms with Crippen molar-refractivity contribution in [1.29, 1.82) is 0 Å². The molecule has 2 aliphatic carbocycles. The molecule has 438 valence electrons. The topological polar surface area (TPSA) is 227 Å². The first-order valence-electron chi connectivity index (χ1n) is 29.2. The van der Waals surface area contributed by atoms with Gasteiger partial charge in [-0.05, 0) is 104 Å². The predicted octanol–water partition coefficient (Wildman–Crippen LogP) is 8.59. The second kappa shape index (κ2) is 22.2. The lowest BCUT2D eigenvalue weighted by molar-refractivity contribution is -0.142. The quantitative estimate of drug-likeness (QED) is 0.0454. The number of β-amino-alcohol motifs (C(OH)–C–C–N with tert-alkyl or cyclic N) is 1. The molecule has 0 unspecified atom stereocenters. The molecule has 3 saturated heterocycles. The number of aryl methyl sites for hydroxylation is 1. The van der Waals surface area contributed by atoms with Crippen LogP contribution in [0.5, 0.6) is 11.8 Å². The van der Waals surface area contributed by atoms with Crippen LogP contribution in [0.1, 0.15) is 106 Å². The van der Waals surface area contributed by atoms with E-state index in [1.165, 1.54) is 15.6 Å². The van der Waals surface area contributed by atoms with Crippen LogP contribution in [-0.4, -0.2) is 135 Å². The number of hydrogen-bond acceptors (Lipinski definition) is 14. The molecule has 5 fully saturated rings. The zero-order chi connectivity index (χ0) is 58.1. The minimum absolute atomic E-state index is 0.0228. The van der Waals surface area contributed by atoms with E-state index >= 15 is 4.39 Å². The van der Waals surface area contributed by atoms with Gasteiger partial charge in [0.05, 0.1) is 49.0 Å². The summed E-state index contributed by atoms with van der Waals surface area (Å²) in [7, 11) is 0. The third-order valence-corrected chi connectivity index (χ3v) is 17.8. The molecule has 13 rings (SSSR count). The molecule has 2 saturated carbocycles. The van der Waals surface area contributed by atoms with Crippen LogP contribution < -0.4 is 25.0 Å². The molecule has 2 amide bonds. The van der Waals surface area contributed by atoms with E-state index in [1.54, 1.807) is 25.5 Å². The van der Waals surface area contributed by atoms with Crippen molar-refractivity contribution >= 4 is 39.4 Å². The normalized spacial score (nSPS) is 20.7. The van der Waals surface area contributed by atoms with Crippen molar-refractivity contribution in [3.8, 4) is 45.4 Å². The summed E-state index contributed by atoms with van der Waals surface area (Å²) in [6.45, 7) is 9.42. The Morgan fingerprint density at radius 3 is 2.43 bits per heavy atom. The number of alkyl halides is 2. The molecular weight excluding hydrogens is 1080 g/mol. The molecule has 3 aliphatic heterocycles. The average molecular weight is 1150 g/mol. The Morgan fingerprint density at radius 2 is 1.74 bits per heavy atom. The number of piperazine rings is 1. The van der Waals surface area contributed by atoms with Gasteiger partial charge in [0.25, 0.3) is 0 Å². The molecule has 5 aliphatic rings. The molecular formula is C62H68F3N13O6. The Labute approximate surface area is 482 Å². The number of halogens is 3. The summed E-state index contributed by atoms with van der Waals surface area (Å²) in [6, 6.07) is 18.5. The number of nitrogens with zero attached hydrogens (tertiary/aromatic N) is 10. The number of benzene rings is 4. The summed E-state index contributed by atoms with van der Waals surface area (Å²) in [4.78, 5) is 42.6. The highest BCUT2D eigenvalue weighted by molar-refractivity contribution is 6.06.